The molecule has 0 radical (unpaired) electrons. The first-order valence-electron chi connectivity index (χ1n) is 5.48. The van der Waals surface area contributed by atoms with E-state index in [0.717, 1.165) is 6.07 Å². The first-order chi connectivity index (χ1) is 8.11. The average Bonchev–Trinajstić information content (AvgIpc) is 2.75. The number of β-amino-alcohol motifs (C(OH)–C–C–N with tert-alkyl or cyclic N) is 1. The van der Waals surface area contributed by atoms with Crippen LogP contribution in [0.2, 0.25) is 0 Å². The first-order valence-corrected chi connectivity index (χ1v) is 5.48. The Labute approximate surface area is 98.3 Å². The number of likely N-dealkylation sites (tertiary alicyclic amines) is 1. The number of carbonyl (C=O) groups is 1. The Bertz CT molecular complexity index is 436. The summed E-state index contributed by atoms with van der Waals surface area (Å²) in [6.45, 7) is 0.397. The molecule has 1 saturated heterocycles. The topological polar surface area (TPSA) is 60.8 Å². The normalized spacial score (nSPS) is 19.7. The third-order valence-electron chi connectivity index (χ3n) is 2.92. The molecule has 17 heavy (non-hydrogen) atoms. The minimum atomic E-state index is -0.585. The lowest BCUT2D eigenvalue weighted by molar-refractivity contribution is 0.0764. The van der Waals surface area contributed by atoms with Crippen molar-refractivity contribution in [2.24, 2.45) is 0 Å². The van der Waals surface area contributed by atoms with Gasteiger partial charge in [-0.3, -0.25) is 4.79 Å². The van der Waals surface area contributed by atoms with Crippen molar-refractivity contribution in [2.75, 3.05) is 13.1 Å². The van der Waals surface area contributed by atoms with Crippen LogP contribution in [0.4, 0.5) is 4.39 Å². The number of hydrogen-bond donors (Lipinski definition) is 2. The molecule has 1 aromatic rings. The third-order valence-corrected chi connectivity index (χ3v) is 2.92. The lowest BCUT2D eigenvalue weighted by Gasteiger charge is -2.15. The van der Waals surface area contributed by atoms with Gasteiger partial charge in [0, 0.05) is 24.2 Å². The van der Waals surface area contributed by atoms with E-state index < -0.39 is 11.9 Å². The molecule has 0 aromatic heterocycles. The molecule has 1 amide bonds. The van der Waals surface area contributed by atoms with Crippen LogP contribution >= 0.6 is 0 Å². The van der Waals surface area contributed by atoms with Crippen LogP contribution < -0.4 is 0 Å². The van der Waals surface area contributed by atoms with Gasteiger partial charge in [-0.2, -0.15) is 0 Å². The second-order valence-electron chi connectivity index (χ2n) is 4.16. The molecule has 1 aliphatic heterocycles. The molecular weight excluding hydrogens is 225 g/mol. The Morgan fingerprint density at radius 2 is 2.29 bits per heavy atom. The molecule has 1 aliphatic rings. The molecule has 0 unspecified atom stereocenters. The zero-order valence-corrected chi connectivity index (χ0v) is 9.27. The standard InChI is InChI=1S/C12H14FNO3/c13-11-5-8(1-2-9(11)7-15)12(17)14-4-3-10(16)6-14/h1-2,5,10,15-16H,3-4,6-7H2/t10-/m0/s1. The zero-order chi connectivity index (χ0) is 12.4. The molecule has 2 rings (SSSR count). The second kappa shape index (κ2) is 4.81. The van der Waals surface area contributed by atoms with Gasteiger partial charge in [-0.15, -0.1) is 0 Å². The number of carbonyl (C=O) groups excluding carboxylic acids is 1. The summed E-state index contributed by atoms with van der Waals surface area (Å²) in [6, 6.07) is 4.01. The van der Waals surface area contributed by atoms with Gasteiger partial charge in [0.1, 0.15) is 5.82 Å². The van der Waals surface area contributed by atoms with Gasteiger partial charge in [0.15, 0.2) is 0 Å². The predicted octanol–water partition coefficient (Wildman–Crippen LogP) is 0.525. The maximum absolute atomic E-state index is 13.4. The Balaban J connectivity index is 2.17. The van der Waals surface area contributed by atoms with Gasteiger partial charge >= 0.3 is 0 Å². The van der Waals surface area contributed by atoms with E-state index in [1.165, 1.54) is 17.0 Å². The Hall–Kier alpha value is -1.46. The van der Waals surface area contributed by atoms with E-state index in [0.29, 0.717) is 19.5 Å². The number of benzene rings is 1. The van der Waals surface area contributed by atoms with Crippen molar-refractivity contribution in [1.82, 2.24) is 4.90 Å². The van der Waals surface area contributed by atoms with E-state index >= 15 is 0 Å². The number of amides is 1. The highest BCUT2D eigenvalue weighted by molar-refractivity contribution is 5.94. The minimum Gasteiger partial charge on any atom is -0.392 e. The summed E-state index contributed by atoms with van der Waals surface area (Å²) >= 11 is 0. The van der Waals surface area contributed by atoms with Gasteiger partial charge in [0.25, 0.3) is 5.91 Å². The molecule has 1 aromatic carbocycles. The molecule has 1 heterocycles. The first kappa shape index (κ1) is 12.0. The van der Waals surface area contributed by atoms with Gasteiger partial charge in [0.2, 0.25) is 0 Å². The summed E-state index contributed by atoms with van der Waals surface area (Å²) in [5, 5.41) is 18.2. The van der Waals surface area contributed by atoms with Crippen LogP contribution in [-0.4, -0.2) is 40.2 Å². The summed E-state index contributed by atoms with van der Waals surface area (Å²) in [4.78, 5) is 13.4. The molecule has 0 bridgehead atoms. The van der Waals surface area contributed by atoms with Crippen LogP contribution in [0, 0.1) is 5.82 Å². The number of nitrogens with zero attached hydrogens (tertiary/aromatic N) is 1. The van der Waals surface area contributed by atoms with Crippen LogP contribution in [0.5, 0.6) is 0 Å². The van der Waals surface area contributed by atoms with E-state index in [9.17, 15) is 14.3 Å². The van der Waals surface area contributed by atoms with Crippen LogP contribution in [0.1, 0.15) is 22.3 Å². The summed E-state index contributed by atoms with van der Waals surface area (Å²) in [6.07, 6.45) is 0.0728. The van der Waals surface area contributed by atoms with Crippen LogP contribution in [-0.2, 0) is 6.61 Å². The SMILES string of the molecule is O=C(c1ccc(CO)c(F)c1)N1CC[C@H](O)C1. The molecule has 0 saturated carbocycles. The highest BCUT2D eigenvalue weighted by Crippen LogP contribution is 2.16. The molecular formula is C12H14FNO3. The Kier molecular flexibility index (Phi) is 3.40. The maximum Gasteiger partial charge on any atom is 0.254 e. The summed E-state index contributed by atoms with van der Waals surface area (Å²) in [7, 11) is 0. The molecule has 92 valence electrons. The molecule has 1 atom stereocenters. The summed E-state index contributed by atoms with van der Waals surface area (Å²) in [5.41, 5.74) is 0.414. The fraction of sp³-hybridized carbons (Fsp3) is 0.417. The van der Waals surface area contributed by atoms with Crippen molar-refractivity contribution < 1.29 is 19.4 Å². The van der Waals surface area contributed by atoms with Crippen molar-refractivity contribution in [3.8, 4) is 0 Å². The van der Waals surface area contributed by atoms with Crippen molar-refractivity contribution in [3.63, 3.8) is 0 Å². The average molecular weight is 239 g/mol. The molecule has 2 N–H and O–H groups in total. The highest BCUT2D eigenvalue weighted by atomic mass is 19.1. The van der Waals surface area contributed by atoms with E-state index in [1.54, 1.807) is 0 Å². The molecule has 4 nitrogen and oxygen atoms in total. The molecule has 0 spiro atoms. The van der Waals surface area contributed by atoms with E-state index in [-0.39, 0.29) is 23.6 Å². The van der Waals surface area contributed by atoms with E-state index in [4.69, 9.17) is 5.11 Å². The molecule has 1 fully saturated rings. The Morgan fingerprint density at radius 1 is 1.53 bits per heavy atom. The van der Waals surface area contributed by atoms with Gasteiger partial charge < -0.3 is 15.1 Å². The quantitative estimate of drug-likeness (QED) is 0.791. The van der Waals surface area contributed by atoms with Crippen LogP contribution in [0.3, 0.4) is 0 Å². The van der Waals surface area contributed by atoms with Crippen molar-refractivity contribution >= 4 is 5.91 Å². The van der Waals surface area contributed by atoms with Gasteiger partial charge in [-0.25, -0.2) is 4.39 Å². The fourth-order valence-corrected chi connectivity index (χ4v) is 1.92. The third kappa shape index (κ3) is 2.45. The smallest absolute Gasteiger partial charge is 0.254 e. The van der Waals surface area contributed by atoms with Gasteiger partial charge in [-0.05, 0) is 18.6 Å². The van der Waals surface area contributed by atoms with Crippen molar-refractivity contribution in [1.29, 1.82) is 0 Å². The Morgan fingerprint density at radius 3 is 2.82 bits per heavy atom. The zero-order valence-electron chi connectivity index (χ0n) is 9.27. The number of aliphatic hydroxyl groups is 2. The number of hydrogen-bond acceptors (Lipinski definition) is 3. The monoisotopic (exact) mass is 239 g/mol. The number of aliphatic hydroxyl groups excluding tert-OH is 2. The second-order valence-corrected chi connectivity index (χ2v) is 4.16. The lowest BCUT2D eigenvalue weighted by atomic mass is 10.1. The number of halogens is 1. The summed E-state index contributed by atoms with van der Waals surface area (Å²) < 4.78 is 13.4. The highest BCUT2D eigenvalue weighted by Gasteiger charge is 2.25. The minimum absolute atomic E-state index is 0.169. The lowest BCUT2D eigenvalue weighted by Crippen LogP contribution is -2.29. The largest absolute Gasteiger partial charge is 0.392 e. The van der Waals surface area contributed by atoms with Crippen molar-refractivity contribution in [3.05, 3.63) is 35.1 Å². The molecule has 0 aliphatic carbocycles. The molecule has 5 heteroatoms. The van der Waals surface area contributed by atoms with E-state index in [1.807, 2.05) is 0 Å². The van der Waals surface area contributed by atoms with Gasteiger partial charge in [-0.1, -0.05) is 6.07 Å². The van der Waals surface area contributed by atoms with Crippen LogP contribution in [0.25, 0.3) is 0 Å². The van der Waals surface area contributed by atoms with Crippen LogP contribution in [0.15, 0.2) is 18.2 Å². The van der Waals surface area contributed by atoms with Gasteiger partial charge in [0.05, 0.1) is 12.7 Å². The summed E-state index contributed by atoms with van der Waals surface area (Å²) in [5.74, 6) is -0.872. The number of rotatable bonds is 2. The maximum atomic E-state index is 13.4. The van der Waals surface area contributed by atoms with E-state index in [2.05, 4.69) is 0 Å². The predicted molar refractivity (Wildman–Crippen MR) is 58.9 cm³/mol. The fourth-order valence-electron chi connectivity index (χ4n) is 1.92. The van der Waals surface area contributed by atoms with Crippen molar-refractivity contribution in [2.45, 2.75) is 19.1 Å².